The number of rotatable bonds is 4. The largest absolute Gasteiger partial charge is 0.351 e. The maximum Gasteiger partial charge on any atom is 0.227 e. The predicted molar refractivity (Wildman–Crippen MR) is 79.4 cm³/mol. The van der Waals surface area contributed by atoms with Gasteiger partial charge < -0.3 is 10.2 Å². The molecule has 0 radical (unpaired) electrons. The highest BCUT2D eigenvalue weighted by molar-refractivity contribution is 6.00. The molecule has 1 fully saturated rings. The summed E-state index contributed by atoms with van der Waals surface area (Å²) >= 11 is 0. The smallest absolute Gasteiger partial charge is 0.227 e. The van der Waals surface area contributed by atoms with Crippen molar-refractivity contribution in [2.75, 3.05) is 11.4 Å². The number of carbonyl (C=O) groups is 2. The van der Waals surface area contributed by atoms with E-state index in [2.05, 4.69) is 5.32 Å². The fourth-order valence-electron chi connectivity index (χ4n) is 2.26. The molecule has 2 rings (SSSR count). The lowest BCUT2D eigenvalue weighted by Gasteiger charge is -2.26. The Hall–Kier alpha value is -1.84. The molecule has 0 spiro atoms. The van der Waals surface area contributed by atoms with E-state index in [0.29, 0.717) is 13.0 Å². The molecule has 0 saturated carbocycles. The topological polar surface area (TPSA) is 49.4 Å². The summed E-state index contributed by atoms with van der Waals surface area (Å²) in [5, 5.41) is 3.02. The van der Waals surface area contributed by atoms with Crippen LogP contribution in [-0.4, -0.2) is 23.9 Å². The number of amides is 2. The van der Waals surface area contributed by atoms with Gasteiger partial charge in [0.15, 0.2) is 0 Å². The first-order chi connectivity index (χ1) is 9.43. The number of nitrogens with zero attached hydrogens (tertiary/aromatic N) is 1. The zero-order chi connectivity index (χ0) is 14.8. The Kier molecular flexibility index (Phi) is 4.12. The van der Waals surface area contributed by atoms with Crippen LogP contribution in [0.5, 0.6) is 0 Å². The van der Waals surface area contributed by atoms with Crippen LogP contribution >= 0.6 is 0 Å². The fraction of sp³-hybridized carbons (Fsp3) is 0.500. The number of nitrogens with one attached hydrogen (secondary N) is 1. The van der Waals surface area contributed by atoms with Crippen molar-refractivity contribution in [3.05, 3.63) is 30.3 Å². The van der Waals surface area contributed by atoms with E-state index in [0.717, 1.165) is 12.1 Å². The Labute approximate surface area is 120 Å². The minimum absolute atomic E-state index is 0.0191. The molecular formula is C16H22N2O2. The second-order valence-corrected chi connectivity index (χ2v) is 5.97. The van der Waals surface area contributed by atoms with Crippen molar-refractivity contribution in [1.82, 2.24) is 5.32 Å². The number of hydrogen-bond acceptors (Lipinski definition) is 2. The Morgan fingerprint density at radius 3 is 2.60 bits per heavy atom. The van der Waals surface area contributed by atoms with Gasteiger partial charge in [-0.05, 0) is 32.4 Å². The lowest BCUT2D eigenvalue weighted by molar-refractivity contribution is -0.127. The van der Waals surface area contributed by atoms with Crippen molar-refractivity contribution >= 4 is 17.5 Å². The zero-order valence-corrected chi connectivity index (χ0v) is 12.3. The molecule has 0 aliphatic carbocycles. The molecule has 1 heterocycles. The van der Waals surface area contributed by atoms with E-state index >= 15 is 0 Å². The van der Waals surface area contributed by atoms with Crippen molar-refractivity contribution in [3.63, 3.8) is 0 Å². The van der Waals surface area contributed by atoms with E-state index in [1.54, 1.807) is 4.90 Å². The molecule has 2 amide bonds. The van der Waals surface area contributed by atoms with Gasteiger partial charge in [-0.25, -0.2) is 0 Å². The van der Waals surface area contributed by atoms with Crippen LogP contribution < -0.4 is 10.2 Å². The number of carbonyl (C=O) groups excluding carboxylic acids is 2. The monoisotopic (exact) mass is 274 g/mol. The molecule has 4 heteroatoms. The van der Waals surface area contributed by atoms with Gasteiger partial charge in [0, 0.05) is 24.2 Å². The van der Waals surface area contributed by atoms with Gasteiger partial charge in [0.25, 0.3) is 0 Å². The highest BCUT2D eigenvalue weighted by Gasteiger charge is 2.36. The van der Waals surface area contributed by atoms with Gasteiger partial charge in [-0.3, -0.25) is 9.59 Å². The number of anilines is 1. The SMILES string of the molecule is CCC(C)(C)NC(=O)[C@H]1CC(=O)N(c2ccccc2)C1. The highest BCUT2D eigenvalue weighted by atomic mass is 16.2. The van der Waals surface area contributed by atoms with Gasteiger partial charge in [0.1, 0.15) is 0 Å². The number of hydrogen-bond donors (Lipinski definition) is 1. The normalized spacial score (nSPS) is 19.2. The molecule has 108 valence electrons. The molecule has 4 nitrogen and oxygen atoms in total. The second kappa shape index (κ2) is 5.65. The van der Waals surface area contributed by atoms with Gasteiger partial charge in [0.05, 0.1) is 5.92 Å². The van der Waals surface area contributed by atoms with Crippen LogP contribution in [0.1, 0.15) is 33.6 Å². The minimum atomic E-state index is -0.256. The molecular weight excluding hydrogens is 252 g/mol. The van der Waals surface area contributed by atoms with Crippen molar-refractivity contribution in [2.45, 2.75) is 39.2 Å². The van der Waals surface area contributed by atoms with Crippen LogP contribution in [0.15, 0.2) is 30.3 Å². The molecule has 1 atom stereocenters. The summed E-state index contributed by atoms with van der Waals surface area (Å²) in [5.74, 6) is -0.261. The molecule has 0 unspecified atom stereocenters. The van der Waals surface area contributed by atoms with Gasteiger partial charge >= 0.3 is 0 Å². The molecule has 1 aromatic rings. The third-order valence-corrected chi connectivity index (χ3v) is 3.91. The van der Waals surface area contributed by atoms with Crippen LogP contribution in [-0.2, 0) is 9.59 Å². The molecule has 1 aliphatic heterocycles. The van der Waals surface area contributed by atoms with Gasteiger partial charge in [-0.15, -0.1) is 0 Å². The standard InChI is InChI=1S/C16H22N2O2/c1-4-16(2,3)17-15(20)12-10-14(19)18(11-12)13-8-6-5-7-9-13/h5-9,12H,4,10-11H2,1-3H3,(H,17,20)/t12-/m0/s1. The van der Waals surface area contributed by atoms with E-state index < -0.39 is 0 Å². The first kappa shape index (κ1) is 14.6. The Morgan fingerprint density at radius 2 is 2.00 bits per heavy atom. The minimum Gasteiger partial charge on any atom is -0.351 e. The maximum absolute atomic E-state index is 12.3. The summed E-state index contributed by atoms with van der Waals surface area (Å²) in [6.07, 6.45) is 1.16. The summed E-state index contributed by atoms with van der Waals surface area (Å²) in [5.41, 5.74) is 0.642. The molecule has 1 saturated heterocycles. The second-order valence-electron chi connectivity index (χ2n) is 5.97. The predicted octanol–water partition coefficient (Wildman–Crippen LogP) is 2.34. The summed E-state index contributed by atoms with van der Waals surface area (Å²) < 4.78 is 0. The quantitative estimate of drug-likeness (QED) is 0.916. The van der Waals surface area contributed by atoms with E-state index in [1.807, 2.05) is 51.1 Å². The van der Waals surface area contributed by atoms with Gasteiger partial charge in [0.2, 0.25) is 11.8 Å². The average Bonchev–Trinajstić information content (AvgIpc) is 2.81. The average molecular weight is 274 g/mol. The molecule has 1 aromatic carbocycles. The van der Waals surface area contributed by atoms with Crippen molar-refractivity contribution < 1.29 is 9.59 Å². The van der Waals surface area contributed by atoms with Crippen LogP contribution in [0, 0.1) is 5.92 Å². The highest BCUT2D eigenvalue weighted by Crippen LogP contribution is 2.25. The van der Waals surface area contributed by atoms with Crippen molar-refractivity contribution in [3.8, 4) is 0 Å². The Bertz CT molecular complexity index is 496. The van der Waals surface area contributed by atoms with Crippen LogP contribution in [0.2, 0.25) is 0 Å². The molecule has 20 heavy (non-hydrogen) atoms. The lowest BCUT2D eigenvalue weighted by Crippen LogP contribution is -2.46. The van der Waals surface area contributed by atoms with Crippen LogP contribution in [0.3, 0.4) is 0 Å². The Balaban J connectivity index is 2.04. The van der Waals surface area contributed by atoms with Gasteiger partial charge in [-0.2, -0.15) is 0 Å². The molecule has 0 aromatic heterocycles. The van der Waals surface area contributed by atoms with E-state index in [4.69, 9.17) is 0 Å². The fourth-order valence-corrected chi connectivity index (χ4v) is 2.26. The van der Waals surface area contributed by atoms with E-state index in [-0.39, 0.29) is 23.3 Å². The summed E-state index contributed by atoms with van der Waals surface area (Å²) in [6, 6.07) is 9.51. The van der Waals surface area contributed by atoms with Gasteiger partial charge in [-0.1, -0.05) is 25.1 Å². The maximum atomic E-state index is 12.3. The van der Waals surface area contributed by atoms with Crippen LogP contribution in [0.25, 0.3) is 0 Å². The molecule has 0 bridgehead atoms. The summed E-state index contributed by atoms with van der Waals surface area (Å²) in [4.78, 5) is 26.0. The molecule has 1 N–H and O–H groups in total. The molecule has 1 aliphatic rings. The van der Waals surface area contributed by atoms with Crippen molar-refractivity contribution in [2.24, 2.45) is 5.92 Å². The van der Waals surface area contributed by atoms with E-state index in [9.17, 15) is 9.59 Å². The van der Waals surface area contributed by atoms with Crippen LogP contribution in [0.4, 0.5) is 5.69 Å². The first-order valence-electron chi connectivity index (χ1n) is 7.10. The number of para-hydroxylation sites is 1. The van der Waals surface area contributed by atoms with Crippen molar-refractivity contribution in [1.29, 1.82) is 0 Å². The number of benzene rings is 1. The van der Waals surface area contributed by atoms with E-state index in [1.165, 1.54) is 0 Å². The zero-order valence-electron chi connectivity index (χ0n) is 12.3. The lowest BCUT2D eigenvalue weighted by atomic mass is 9.99. The third kappa shape index (κ3) is 3.18. The summed E-state index contributed by atoms with van der Waals surface area (Å²) in [6.45, 7) is 6.50. The first-order valence-corrected chi connectivity index (χ1v) is 7.10. The Morgan fingerprint density at radius 1 is 1.35 bits per heavy atom. The third-order valence-electron chi connectivity index (χ3n) is 3.91. The summed E-state index contributed by atoms with van der Waals surface area (Å²) in [7, 11) is 0.